The van der Waals surface area contributed by atoms with Crippen LogP contribution in [0.25, 0.3) is 0 Å². The van der Waals surface area contributed by atoms with Gasteiger partial charge in [-0.25, -0.2) is 0 Å². The molecule has 25 heavy (non-hydrogen) atoms. The molecule has 1 aliphatic carbocycles. The van der Waals surface area contributed by atoms with Crippen LogP contribution in [0.5, 0.6) is 0 Å². The maximum atomic E-state index is 6.01. The van der Waals surface area contributed by atoms with Crippen LogP contribution in [0.4, 0.5) is 0 Å². The summed E-state index contributed by atoms with van der Waals surface area (Å²) in [6, 6.07) is 1.10. The highest BCUT2D eigenvalue weighted by atomic mass is 127. The molecule has 3 fully saturated rings. The van der Waals surface area contributed by atoms with E-state index in [1.165, 1.54) is 38.6 Å². The summed E-state index contributed by atoms with van der Waals surface area (Å²) in [4.78, 5) is 7.08. The summed E-state index contributed by atoms with van der Waals surface area (Å²) in [6.45, 7) is 11.2. The number of rotatable bonds is 4. The minimum atomic E-state index is 0. The zero-order valence-electron chi connectivity index (χ0n) is 16.4. The van der Waals surface area contributed by atoms with Crippen LogP contribution in [0, 0.1) is 11.3 Å². The number of guanidine groups is 1. The quantitative estimate of drug-likeness (QED) is 0.382. The van der Waals surface area contributed by atoms with Crippen LogP contribution in [-0.4, -0.2) is 62.3 Å². The molecule has 3 rings (SSSR count). The molecule has 2 N–H and O–H groups in total. The minimum Gasteiger partial charge on any atom is -0.377 e. The normalized spacial score (nSPS) is 35.1. The fourth-order valence-electron chi connectivity index (χ4n) is 5.08. The van der Waals surface area contributed by atoms with Crippen molar-refractivity contribution in [1.29, 1.82) is 0 Å². The minimum absolute atomic E-state index is 0. The highest BCUT2D eigenvalue weighted by molar-refractivity contribution is 14.0. The molecule has 6 heteroatoms. The Morgan fingerprint density at radius 2 is 2.04 bits per heavy atom. The highest BCUT2D eigenvalue weighted by Crippen LogP contribution is 2.51. The molecule has 2 aliphatic heterocycles. The van der Waals surface area contributed by atoms with Crippen molar-refractivity contribution >= 4 is 29.9 Å². The molecule has 0 bridgehead atoms. The lowest BCUT2D eigenvalue weighted by molar-refractivity contribution is -0.188. The van der Waals surface area contributed by atoms with Gasteiger partial charge in [-0.05, 0) is 38.8 Å². The van der Waals surface area contributed by atoms with Gasteiger partial charge in [-0.1, -0.05) is 27.2 Å². The van der Waals surface area contributed by atoms with E-state index in [0.717, 1.165) is 25.7 Å². The Bertz CT molecular complexity index is 457. The summed E-state index contributed by atoms with van der Waals surface area (Å²) in [5.41, 5.74) is 0.184. The van der Waals surface area contributed by atoms with Gasteiger partial charge in [-0.3, -0.25) is 9.89 Å². The molecule has 3 aliphatic rings. The van der Waals surface area contributed by atoms with E-state index in [1.807, 2.05) is 7.05 Å². The standard InChI is InChI=1S/C19H36N4O.HI/c1-5-23-11-7-6-9-14(23)13-21-18(20-4)22-16-15-10-8-12-24-17(15)19(16,2)3;/h14-17H,5-13H2,1-4H3,(H2,20,21,22);1H. The van der Waals surface area contributed by atoms with Gasteiger partial charge in [0.25, 0.3) is 0 Å². The molecule has 4 unspecified atom stereocenters. The van der Waals surface area contributed by atoms with Crippen LogP contribution in [0.2, 0.25) is 0 Å². The monoisotopic (exact) mass is 464 g/mol. The molecule has 0 amide bonds. The largest absolute Gasteiger partial charge is 0.377 e. The average molecular weight is 464 g/mol. The summed E-state index contributed by atoms with van der Waals surface area (Å²) in [5.74, 6) is 1.59. The van der Waals surface area contributed by atoms with Crippen molar-refractivity contribution in [3.8, 4) is 0 Å². The van der Waals surface area contributed by atoms with Gasteiger partial charge < -0.3 is 15.4 Å². The SMILES string of the molecule is CCN1CCCCC1CNC(=NC)NC1C2CCCOC2C1(C)C.I. The highest BCUT2D eigenvalue weighted by Gasteiger charge is 2.58. The molecule has 0 radical (unpaired) electrons. The van der Waals surface area contributed by atoms with Gasteiger partial charge >= 0.3 is 0 Å². The molecule has 0 aromatic heterocycles. The van der Waals surface area contributed by atoms with E-state index >= 15 is 0 Å². The van der Waals surface area contributed by atoms with Crippen molar-refractivity contribution in [3.05, 3.63) is 0 Å². The number of ether oxygens (including phenoxy) is 1. The van der Waals surface area contributed by atoms with Crippen molar-refractivity contribution in [2.75, 3.05) is 33.3 Å². The van der Waals surface area contributed by atoms with Gasteiger partial charge in [0.05, 0.1) is 6.10 Å². The topological polar surface area (TPSA) is 48.9 Å². The second kappa shape index (κ2) is 9.22. The van der Waals surface area contributed by atoms with E-state index in [0.29, 0.717) is 24.1 Å². The van der Waals surface area contributed by atoms with Crippen molar-refractivity contribution in [1.82, 2.24) is 15.5 Å². The third-order valence-electron chi connectivity index (χ3n) is 6.51. The van der Waals surface area contributed by atoms with Gasteiger partial charge in [0.1, 0.15) is 0 Å². The lowest BCUT2D eigenvalue weighted by Crippen LogP contribution is -2.71. The molecule has 146 valence electrons. The first-order valence-electron chi connectivity index (χ1n) is 9.90. The number of halogens is 1. The maximum Gasteiger partial charge on any atom is 0.191 e. The fourth-order valence-corrected chi connectivity index (χ4v) is 5.08. The van der Waals surface area contributed by atoms with E-state index < -0.39 is 0 Å². The number of nitrogens with zero attached hydrogens (tertiary/aromatic N) is 2. The number of aliphatic imine (C=N–C) groups is 1. The molecule has 5 nitrogen and oxygen atoms in total. The zero-order chi connectivity index (χ0) is 17.2. The van der Waals surface area contributed by atoms with Gasteiger partial charge in [0.2, 0.25) is 0 Å². The Hall–Kier alpha value is -0.0800. The van der Waals surface area contributed by atoms with E-state index in [2.05, 4.69) is 41.3 Å². The van der Waals surface area contributed by atoms with E-state index in [1.54, 1.807) is 0 Å². The molecule has 0 aromatic rings. The molecule has 4 atom stereocenters. The summed E-state index contributed by atoms with van der Waals surface area (Å²) in [5, 5.41) is 7.30. The molecule has 1 saturated carbocycles. The van der Waals surface area contributed by atoms with Crippen molar-refractivity contribution in [3.63, 3.8) is 0 Å². The second-order valence-electron chi connectivity index (χ2n) is 8.27. The molecule has 0 aromatic carbocycles. The lowest BCUT2D eigenvalue weighted by atomic mass is 9.55. The molecular formula is C19H37IN4O. The number of nitrogens with one attached hydrogen (secondary N) is 2. The summed E-state index contributed by atoms with van der Waals surface area (Å²) in [6.07, 6.45) is 6.87. The predicted octanol–water partition coefficient (Wildman–Crippen LogP) is 2.85. The van der Waals surface area contributed by atoms with E-state index in [-0.39, 0.29) is 29.4 Å². The molecular weight excluding hydrogens is 427 g/mol. The average Bonchev–Trinajstić information content (AvgIpc) is 2.62. The lowest BCUT2D eigenvalue weighted by Gasteiger charge is -2.60. The van der Waals surface area contributed by atoms with E-state index in [4.69, 9.17) is 4.74 Å². The fraction of sp³-hybridized carbons (Fsp3) is 0.947. The summed E-state index contributed by atoms with van der Waals surface area (Å²) < 4.78 is 6.01. The third kappa shape index (κ3) is 4.43. The number of piperidine rings is 1. The first kappa shape index (κ1) is 21.2. The van der Waals surface area contributed by atoms with Gasteiger partial charge in [-0.2, -0.15) is 0 Å². The van der Waals surface area contributed by atoms with Crippen LogP contribution in [0.1, 0.15) is 52.9 Å². The second-order valence-corrected chi connectivity index (χ2v) is 8.27. The van der Waals surface area contributed by atoms with Crippen molar-refractivity contribution in [2.24, 2.45) is 16.3 Å². The molecule has 2 saturated heterocycles. The Morgan fingerprint density at radius 3 is 2.76 bits per heavy atom. The number of likely N-dealkylation sites (tertiary alicyclic amines) is 1. The van der Waals surface area contributed by atoms with Gasteiger partial charge in [0, 0.05) is 43.6 Å². The number of hydrogen-bond donors (Lipinski definition) is 2. The predicted molar refractivity (Wildman–Crippen MR) is 115 cm³/mol. The summed E-state index contributed by atoms with van der Waals surface area (Å²) >= 11 is 0. The number of fused-ring (bicyclic) bond motifs is 1. The first-order chi connectivity index (χ1) is 11.6. The maximum absolute atomic E-state index is 6.01. The Labute approximate surface area is 170 Å². The van der Waals surface area contributed by atoms with Gasteiger partial charge in [-0.15, -0.1) is 24.0 Å². The third-order valence-corrected chi connectivity index (χ3v) is 6.51. The molecule has 0 spiro atoms. The number of hydrogen-bond acceptors (Lipinski definition) is 3. The molecule has 2 heterocycles. The summed E-state index contributed by atoms with van der Waals surface area (Å²) in [7, 11) is 1.88. The van der Waals surface area contributed by atoms with Crippen LogP contribution in [0.3, 0.4) is 0 Å². The first-order valence-corrected chi connectivity index (χ1v) is 9.90. The van der Waals surface area contributed by atoms with E-state index in [9.17, 15) is 0 Å². The van der Waals surface area contributed by atoms with Crippen molar-refractivity contribution < 1.29 is 4.74 Å². The smallest absolute Gasteiger partial charge is 0.191 e. The zero-order valence-corrected chi connectivity index (χ0v) is 18.7. The van der Waals surface area contributed by atoms with Crippen LogP contribution >= 0.6 is 24.0 Å². The Balaban J connectivity index is 0.00000225. The van der Waals surface area contributed by atoms with Crippen LogP contribution < -0.4 is 10.6 Å². The Kier molecular flexibility index (Phi) is 7.83. The van der Waals surface area contributed by atoms with Crippen LogP contribution in [0.15, 0.2) is 4.99 Å². The van der Waals surface area contributed by atoms with Crippen LogP contribution in [-0.2, 0) is 4.74 Å². The number of likely N-dealkylation sites (N-methyl/N-ethyl adjacent to an activating group) is 1. The Morgan fingerprint density at radius 1 is 1.24 bits per heavy atom. The van der Waals surface area contributed by atoms with Gasteiger partial charge in [0.15, 0.2) is 5.96 Å². The van der Waals surface area contributed by atoms with Crippen molar-refractivity contribution in [2.45, 2.75) is 71.1 Å².